The smallest absolute Gasteiger partial charge is 0.324 e. The zero-order valence-corrected chi connectivity index (χ0v) is 10.8. The second-order valence-electron chi connectivity index (χ2n) is 4.33. The maximum absolute atomic E-state index is 11.9. The van der Waals surface area contributed by atoms with Gasteiger partial charge in [0.15, 0.2) is 0 Å². The molecule has 1 saturated heterocycles. The molecule has 100 valence electrons. The fourth-order valence-corrected chi connectivity index (χ4v) is 2.08. The topological polar surface area (TPSA) is 72.3 Å². The molecular formula is C11H19N5O2. The van der Waals surface area contributed by atoms with Gasteiger partial charge in [0.2, 0.25) is 0 Å². The third kappa shape index (κ3) is 3.05. The van der Waals surface area contributed by atoms with E-state index in [4.69, 9.17) is 4.74 Å². The van der Waals surface area contributed by atoms with Gasteiger partial charge in [0, 0.05) is 39.4 Å². The Morgan fingerprint density at radius 3 is 3.17 bits per heavy atom. The monoisotopic (exact) mass is 253 g/mol. The molecule has 1 aliphatic rings. The van der Waals surface area contributed by atoms with Gasteiger partial charge in [0.05, 0.1) is 12.3 Å². The normalized spacial score (nSPS) is 20.9. The first-order valence-corrected chi connectivity index (χ1v) is 6.17. The first kappa shape index (κ1) is 13.0. The predicted octanol–water partition coefficient (Wildman–Crippen LogP) is -0.848. The fourth-order valence-electron chi connectivity index (χ4n) is 2.08. The number of aromatic nitrogens is 3. The van der Waals surface area contributed by atoms with Crippen LogP contribution in [0.2, 0.25) is 0 Å². The van der Waals surface area contributed by atoms with Gasteiger partial charge in [-0.15, -0.1) is 5.10 Å². The summed E-state index contributed by atoms with van der Waals surface area (Å²) in [7, 11) is 1.83. The van der Waals surface area contributed by atoms with Crippen LogP contribution in [0.3, 0.4) is 0 Å². The predicted molar refractivity (Wildman–Crippen MR) is 64.7 cm³/mol. The molecule has 0 amide bonds. The lowest BCUT2D eigenvalue weighted by atomic mass is 10.2. The molecule has 1 fully saturated rings. The molecule has 2 rings (SSSR count). The van der Waals surface area contributed by atoms with Crippen molar-refractivity contribution in [3.8, 4) is 0 Å². The summed E-state index contributed by atoms with van der Waals surface area (Å²) in [5, 5.41) is 11.2. The van der Waals surface area contributed by atoms with Gasteiger partial charge >= 0.3 is 5.97 Å². The standard InChI is InChI=1S/C11H19N5O2/c1-3-18-11(17)10-6-12-4-5-16(10)8-9-7-15(2)14-13-9/h7,10,12H,3-6,8H2,1-2H3. The number of piperazine rings is 1. The lowest BCUT2D eigenvalue weighted by Crippen LogP contribution is -2.54. The highest BCUT2D eigenvalue weighted by Gasteiger charge is 2.30. The first-order valence-electron chi connectivity index (χ1n) is 6.17. The van der Waals surface area contributed by atoms with E-state index in [9.17, 15) is 4.79 Å². The average molecular weight is 253 g/mol. The Morgan fingerprint density at radius 1 is 1.67 bits per heavy atom. The van der Waals surface area contributed by atoms with Crippen LogP contribution in [0.5, 0.6) is 0 Å². The summed E-state index contributed by atoms with van der Waals surface area (Å²) in [4.78, 5) is 13.9. The molecule has 2 heterocycles. The van der Waals surface area contributed by atoms with Gasteiger partial charge in [-0.25, -0.2) is 0 Å². The van der Waals surface area contributed by atoms with Crippen molar-refractivity contribution in [3.63, 3.8) is 0 Å². The molecule has 1 aliphatic heterocycles. The quantitative estimate of drug-likeness (QED) is 0.705. The Kier molecular flexibility index (Phi) is 4.27. The Balaban J connectivity index is 2.01. The van der Waals surface area contributed by atoms with E-state index in [0.29, 0.717) is 19.7 Å². The van der Waals surface area contributed by atoms with Gasteiger partial charge in [-0.05, 0) is 6.92 Å². The Bertz CT molecular complexity index is 406. The van der Waals surface area contributed by atoms with Crippen LogP contribution in [-0.2, 0) is 23.1 Å². The average Bonchev–Trinajstić information content (AvgIpc) is 2.76. The van der Waals surface area contributed by atoms with E-state index in [1.54, 1.807) is 4.68 Å². The number of carbonyl (C=O) groups is 1. The van der Waals surface area contributed by atoms with Crippen molar-refractivity contribution in [3.05, 3.63) is 11.9 Å². The van der Waals surface area contributed by atoms with E-state index < -0.39 is 0 Å². The molecule has 1 atom stereocenters. The van der Waals surface area contributed by atoms with Crippen LogP contribution in [0.4, 0.5) is 0 Å². The van der Waals surface area contributed by atoms with E-state index in [2.05, 4.69) is 20.5 Å². The minimum absolute atomic E-state index is 0.173. The van der Waals surface area contributed by atoms with Crippen molar-refractivity contribution in [2.75, 3.05) is 26.2 Å². The summed E-state index contributed by atoms with van der Waals surface area (Å²) in [6, 6.07) is -0.235. The maximum atomic E-state index is 11.9. The summed E-state index contributed by atoms with van der Waals surface area (Å²) in [6.45, 7) is 5.16. The maximum Gasteiger partial charge on any atom is 0.324 e. The van der Waals surface area contributed by atoms with Crippen molar-refractivity contribution in [2.45, 2.75) is 19.5 Å². The lowest BCUT2D eigenvalue weighted by Gasteiger charge is -2.33. The van der Waals surface area contributed by atoms with Crippen LogP contribution in [-0.4, -0.2) is 58.1 Å². The van der Waals surface area contributed by atoms with Crippen molar-refractivity contribution in [2.24, 2.45) is 7.05 Å². The number of hydrogen-bond donors (Lipinski definition) is 1. The molecule has 7 heteroatoms. The highest BCUT2D eigenvalue weighted by molar-refractivity contribution is 5.76. The molecule has 0 saturated carbocycles. The van der Waals surface area contributed by atoms with Crippen LogP contribution in [0, 0.1) is 0 Å². The molecule has 0 aliphatic carbocycles. The van der Waals surface area contributed by atoms with Gasteiger partial charge in [-0.3, -0.25) is 14.4 Å². The summed E-state index contributed by atoms with van der Waals surface area (Å²) in [6.07, 6.45) is 1.87. The van der Waals surface area contributed by atoms with Gasteiger partial charge in [-0.1, -0.05) is 5.21 Å². The van der Waals surface area contributed by atoms with Gasteiger partial charge in [-0.2, -0.15) is 0 Å². The minimum atomic E-state index is -0.235. The number of carbonyl (C=O) groups excluding carboxylic acids is 1. The molecule has 1 unspecified atom stereocenters. The summed E-state index contributed by atoms with van der Waals surface area (Å²) in [5.74, 6) is -0.173. The largest absolute Gasteiger partial charge is 0.465 e. The lowest BCUT2D eigenvalue weighted by molar-refractivity contribution is -0.150. The van der Waals surface area contributed by atoms with Crippen LogP contribution >= 0.6 is 0 Å². The van der Waals surface area contributed by atoms with E-state index in [1.807, 2.05) is 20.2 Å². The van der Waals surface area contributed by atoms with E-state index >= 15 is 0 Å². The van der Waals surface area contributed by atoms with Crippen molar-refractivity contribution >= 4 is 5.97 Å². The number of nitrogens with one attached hydrogen (secondary N) is 1. The molecular weight excluding hydrogens is 234 g/mol. The molecule has 18 heavy (non-hydrogen) atoms. The second kappa shape index (κ2) is 5.92. The molecule has 1 aromatic rings. The number of rotatable bonds is 4. The summed E-state index contributed by atoms with van der Waals surface area (Å²) < 4.78 is 6.76. The first-order chi connectivity index (χ1) is 8.70. The molecule has 7 nitrogen and oxygen atoms in total. The summed E-state index contributed by atoms with van der Waals surface area (Å²) in [5.41, 5.74) is 0.869. The molecule has 0 aromatic carbocycles. The number of ether oxygens (including phenoxy) is 1. The van der Waals surface area contributed by atoms with Crippen LogP contribution < -0.4 is 5.32 Å². The number of aryl methyl sites for hydroxylation is 1. The van der Waals surface area contributed by atoms with Crippen LogP contribution in [0.15, 0.2) is 6.20 Å². The van der Waals surface area contributed by atoms with E-state index in [-0.39, 0.29) is 12.0 Å². The van der Waals surface area contributed by atoms with Crippen molar-refractivity contribution in [1.82, 2.24) is 25.2 Å². The third-order valence-corrected chi connectivity index (χ3v) is 2.93. The van der Waals surface area contributed by atoms with Gasteiger partial charge in [0.1, 0.15) is 6.04 Å². The number of nitrogens with zero attached hydrogens (tertiary/aromatic N) is 4. The van der Waals surface area contributed by atoms with Crippen molar-refractivity contribution < 1.29 is 9.53 Å². The van der Waals surface area contributed by atoms with Gasteiger partial charge in [0.25, 0.3) is 0 Å². The molecule has 0 spiro atoms. The highest BCUT2D eigenvalue weighted by atomic mass is 16.5. The molecule has 0 bridgehead atoms. The number of hydrogen-bond acceptors (Lipinski definition) is 6. The minimum Gasteiger partial charge on any atom is -0.465 e. The van der Waals surface area contributed by atoms with Crippen LogP contribution in [0.25, 0.3) is 0 Å². The Hall–Kier alpha value is -1.47. The zero-order chi connectivity index (χ0) is 13.0. The zero-order valence-electron chi connectivity index (χ0n) is 10.8. The SMILES string of the molecule is CCOC(=O)C1CNCCN1Cc1cn(C)nn1. The summed E-state index contributed by atoms with van der Waals surface area (Å²) >= 11 is 0. The van der Waals surface area contributed by atoms with E-state index in [0.717, 1.165) is 18.8 Å². The molecule has 1 aromatic heterocycles. The highest BCUT2D eigenvalue weighted by Crippen LogP contribution is 2.09. The fraction of sp³-hybridized carbons (Fsp3) is 0.727. The Morgan fingerprint density at radius 2 is 2.50 bits per heavy atom. The van der Waals surface area contributed by atoms with Crippen molar-refractivity contribution in [1.29, 1.82) is 0 Å². The van der Waals surface area contributed by atoms with Crippen LogP contribution in [0.1, 0.15) is 12.6 Å². The molecule has 0 radical (unpaired) electrons. The second-order valence-corrected chi connectivity index (χ2v) is 4.33. The Labute approximate surface area is 106 Å². The third-order valence-electron chi connectivity index (χ3n) is 2.93. The molecule has 1 N–H and O–H groups in total. The number of esters is 1. The van der Waals surface area contributed by atoms with E-state index in [1.165, 1.54) is 0 Å². The van der Waals surface area contributed by atoms with Gasteiger partial charge < -0.3 is 10.1 Å².